The first-order valence-electron chi connectivity index (χ1n) is 7.34. The summed E-state index contributed by atoms with van der Waals surface area (Å²) < 4.78 is 0. The van der Waals surface area contributed by atoms with E-state index in [9.17, 15) is 9.59 Å². The van der Waals surface area contributed by atoms with Crippen molar-refractivity contribution in [1.29, 1.82) is 0 Å². The Labute approximate surface area is 115 Å². The first-order valence-corrected chi connectivity index (χ1v) is 7.34. The van der Waals surface area contributed by atoms with Crippen LogP contribution >= 0.6 is 0 Å². The number of nitrogens with zero attached hydrogens (tertiary/aromatic N) is 2. The summed E-state index contributed by atoms with van der Waals surface area (Å²) in [6.45, 7) is 9.08. The van der Waals surface area contributed by atoms with Crippen molar-refractivity contribution in [2.45, 2.75) is 26.7 Å². The Kier molecular flexibility index (Phi) is 4.80. The minimum atomic E-state index is 0.183. The average Bonchev–Trinajstić information content (AvgIpc) is 2.79. The lowest BCUT2D eigenvalue weighted by Crippen LogP contribution is -2.47. The quantitative estimate of drug-likeness (QED) is 0.798. The second-order valence-electron chi connectivity index (χ2n) is 5.93. The molecule has 2 aliphatic rings. The molecule has 2 rings (SSSR count). The van der Waals surface area contributed by atoms with Crippen LogP contribution in [0.2, 0.25) is 0 Å². The second kappa shape index (κ2) is 6.37. The molecule has 0 saturated carbocycles. The zero-order valence-electron chi connectivity index (χ0n) is 12.0. The number of rotatable bonds is 4. The molecule has 2 amide bonds. The van der Waals surface area contributed by atoms with E-state index in [2.05, 4.69) is 19.2 Å². The molecule has 0 bridgehead atoms. The molecule has 0 aromatic carbocycles. The molecule has 2 heterocycles. The van der Waals surface area contributed by atoms with Gasteiger partial charge in [0.05, 0.1) is 0 Å². The van der Waals surface area contributed by atoms with Gasteiger partial charge in [-0.25, -0.2) is 0 Å². The highest BCUT2D eigenvalue weighted by Crippen LogP contribution is 2.24. The predicted molar refractivity (Wildman–Crippen MR) is 73.6 cm³/mol. The van der Waals surface area contributed by atoms with Crippen LogP contribution in [0.1, 0.15) is 26.7 Å². The molecule has 108 valence electrons. The zero-order chi connectivity index (χ0) is 13.8. The molecule has 2 fully saturated rings. The molecule has 1 N–H and O–H groups in total. The van der Waals surface area contributed by atoms with E-state index >= 15 is 0 Å². The summed E-state index contributed by atoms with van der Waals surface area (Å²) in [5, 5.41) is 3.23. The number of likely N-dealkylation sites (tertiary alicyclic amines) is 1. The normalized spacial score (nSPS) is 24.4. The number of carbonyl (C=O) groups is 2. The Balaban J connectivity index is 1.76. The summed E-state index contributed by atoms with van der Waals surface area (Å²) in [6, 6.07) is 0. The van der Waals surface area contributed by atoms with E-state index in [1.54, 1.807) is 0 Å². The molecule has 0 aromatic rings. The summed E-state index contributed by atoms with van der Waals surface area (Å²) in [6.07, 6.45) is 1.12. The van der Waals surface area contributed by atoms with Gasteiger partial charge in [-0.3, -0.25) is 9.59 Å². The molecule has 0 aliphatic carbocycles. The largest absolute Gasteiger partial charge is 0.342 e. The number of carbonyl (C=O) groups excluding carboxylic acids is 2. The van der Waals surface area contributed by atoms with Gasteiger partial charge in [0.1, 0.15) is 0 Å². The topological polar surface area (TPSA) is 52.7 Å². The number of hydrogen-bond acceptors (Lipinski definition) is 3. The van der Waals surface area contributed by atoms with Crippen molar-refractivity contribution in [2.24, 2.45) is 11.8 Å². The van der Waals surface area contributed by atoms with Gasteiger partial charge in [0, 0.05) is 52.1 Å². The van der Waals surface area contributed by atoms with Gasteiger partial charge in [0.2, 0.25) is 11.8 Å². The van der Waals surface area contributed by atoms with Gasteiger partial charge in [-0.05, 0) is 11.8 Å². The van der Waals surface area contributed by atoms with Crippen LogP contribution in [0.5, 0.6) is 0 Å². The van der Waals surface area contributed by atoms with Crippen LogP contribution in [-0.4, -0.2) is 60.9 Å². The third-order valence-corrected chi connectivity index (χ3v) is 4.25. The maximum atomic E-state index is 12.0. The van der Waals surface area contributed by atoms with Crippen LogP contribution in [0.15, 0.2) is 0 Å². The minimum absolute atomic E-state index is 0.183. The van der Waals surface area contributed by atoms with Crippen molar-refractivity contribution in [1.82, 2.24) is 15.1 Å². The molecule has 19 heavy (non-hydrogen) atoms. The SMILES string of the molecule is CC(C)C1CC(=O)N(CCC(=O)N2CCNCC2)C1. The number of amides is 2. The van der Waals surface area contributed by atoms with E-state index in [4.69, 9.17) is 0 Å². The summed E-state index contributed by atoms with van der Waals surface area (Å²) in [7, 11) is 0. The fraction of sp³-hybridized carbons (Fsp3) is 0.857. The summed E-state index contributed by atoms with van der Waals surface area (Å²) in [4.78, 5) is 27.7. The molecule has 1 atom stereocenters. The van der Waals surface area contributed by atoms with Gasteiger partial charge in [0.15, 0.2) is 0 Å². The molecule has 5 nitrogen and oxygen atoms in total. The standard InChI is InChI=1S/C14H25N3O2/c1-11(2)12-9-14(19)17(10-12)6-3-13(18)16-7-4-15-5-8-16/h11-12,15H,3-10H2,1-2H3. The van der Waals surface area contributed by atoms with Crippen molar-refractivity contribution >= 4 is 11.8 Å². The molecule has 0 radical (unpaired) electrons. The van der Waals surface area contributed by atoms with Gasteiger partial charge in [-0.1, -0.05) is 13.8 Å². The molecule has 0 spiro atoms. The Morgan fingerprint density at radius 1 is 1.37 bits per heavy atom. The Bertz CT molecular complexity index is 338. The fourth-order valence-corrected chi connectivity index (χ4v) is 2.77. The number of piperazine rings is 1. The van der Waals surface area contributed by atoms with Crippen LogP contribution in [0, 0.1) is 11.8 Å². The fourth-order valence-electron chi connectivity index (χ4n) is 2.77. The van der Waals surface area contributed by atoms with Crippen LogP contribution in [0.3, 0.4) is 0 Å². The zero-order valence-corrected chi connectivity index (χ0v) is 12.0. The molecular formula is C14H25N3O2. The molecule has 1 unspecified atom stereocenters. The molecule has 5 heteroatoms. The maximum Gasteiger partial charge on any atom is 0.224 e. The van der Waals surface area contributed by atoms with Crippen LogP contribution in [-0.2, 0) is 9.59 Å². The highest BCUT2D eigenvalue weighted by molar-refractivity contribution is 5.80. The van der Waals surface area contributed by atoms with E-state index < -0.39 is 0 Å². The predicted octanol–water partition coefficient (Wildman–Crippen LogP) is 0.313. The van der Waals surface area contributed by atoms with E-state index in [-0.39, 0.29) is 11.8 Å². The first kappa shape index (κ1) is 14.3. The van der Waals surface area contributed by atoms with Crippen molar-refractivity contribution in [3.05, 3.63) is 0 Å². The Morgan fingerprint density at radius 2 is 2.05 bits per heavy atom. The van der Waals surface area contributed by atoms with E-state index in [1.165, 1.54) is 0 Å². The third-order valence-electron chi connectivity index (χ3n) is 4.25. The molecule has 2 saturated heterocycles. The smallest absolute Gasteiger partial charge is 0.224 e. The first-order chi connectivity index (χ1) is 9.08. The van der Waals surface area contributed by atoms with Crippen molar-refractivity contribution in [2.75, 3.05) is 39.3 Å². The van der Waals surface area contributed by atoms with Crippen molar-refractivity contribution < 1.29 is 9.59 Å². The third kappa shape index (κ3) is 3.69. The summed E-state index contributed by atoms with van der Waals surface area (Å²) in [5.74, 6) is 1.40. The highest BCUT2D eigenvalue weighted by Gasteiger charge is 2.31. The Morgan fingerprint density at radius 3 is 2.63 bits per heavy atom. The molecule has 0 aromatic heterocycles. The van der Waals surface area contributed by atoms with Gasteiger partial charge < -0.3 is 15.1 Å². The monoisotopic (exact) mass is 267 g/mol. The lowest BCUT2D eigenvalue weighted by atomic mass is 9.95. The maximum absolute atomic E-state index is 12.0. The van der Waals surface area contributed by atoms with Gasteiger partial charge in [0.25, 0.3) is 0 Å². The van der Waals surface area contributed by atoms with Crippen LogP contribution < -0.4 is 5.32 Å². The van der Waals surface area contributed by atoms with Crippen LogP contribution in [0.4, 0.5) is 0 Å². The van der Waals surface area contributed by atoms with Gasteiger partial charge in [-0.15, -0.1) is 0 Å². The second-order valence-corrected chi connectivity index (χ2v) is 5.93. The number of nitrogens with one attached hydrogen (secondary N) is 1. The lowest BCUT2D eigenvalue weighted by molar-refractivity contribution is -0.133. The molecular weight excluding hydrogens is 242 g/mol. The minimum Gasteiger partial charge on any atom is -0.342 e. The van der Waals surface area contributed by atoms with E-state index in [1.807, 2.05) is 9.80 Å². The van der Waals surface area contributed by atoms with Crippen molar-refractivity contribution in [3.63, 3.8) is 0 Å². The van der Waals surface area contributed by atoms with E-state index in [0.29, 0.717) is 31.2 Å². The lowest BCUT2D eigenvalue weighted by Gasteiger charge is -2.28. The van der Waals surface area contributed by atoms with Gasteiger partial charge >= 0.3 is 0 Å². The Hall–Kier alpha value is -1.10. The van der Waals surface area contributed by atoms with Gasteiger partial charge in [-0.2, -0.15) is 0 Å². The highest BCUT2D eigenvalue weighted by atomic mass is 16.2. The molecule has 2 aliphatic heterocycles. The van der Waals surface area contributed by atoms with Crippen molar-refractivity contribution in [3.8, 4) is 0 Å². The summed E-state index contributed by atoms with van der Waals surface area (Å²) in [5.41, 5.74) is 0. The average molecular weight is 267 g/mol. The van der Waals surface area contributed by atoms with Crippen LogP contribution in [0.25, 0.3) is 0 Å². The van der Waals surface area contributed by atoms with E-state index in [0.717, 1.165) is 32.7 Å². The summed E-state index contributed by atoms with van der Waals surface area (Å²) >= 11 is 0. The number of hydrogen-bond donors (Lipinski definition) is 1.